The third-order valence-corrected chi connectivity index (χ3v) is 3.11. The van der Waals surface area contributed by atoms with Crippen LogP contribution in [-0.2, 0) is 4.79 Å². The highest BCUT2D eigenvalue weighted by Gasteiger charge is 2.16. The van der Waals surface area contributed by atoms with E-state index in [0.717, 1.165) is 32.5 Å². The molecule has 0 amide bonds. The van der Waals surface area contributed by atoms with E-state index in [0.29, 0.717) is 12.5 Å². The lowest BCUT2D eigenvalue weighted by molar-refractivity contribution is -0.137. The lowest BCUT2D eigenvalue weighted by Crippen LogP contribution is -2.41. The number of nitrogens with one attached hydrogen (secondary N) is 1. The Morgan fingerprint density at radius 3 is 2.60 bits per heavy atom. The molecule has 0 radical (unpaired) electrons. The fourth-order valence-corrected chi connectivity index (χ4v) is 2.06. The zero-order valence-electron chi connectivity index (χ0n) is 9.54. The van der Waals surface area contributed by atoms with Crippen LogP contribution in [0, 0.1) is 0 Å². The van der Waals surface area contributed by atoms with Crippen LogP contribution in [0.5, 0.6) is 0 Å². The van der Waals surface area contributed by atoms with E-state index in [4.69, 9.17) is 5.11 Å². The number of carboxylic acids is 1. The molecule has 0 aromatic heterocycles. The first-order chi connectivity index (χ1) is 7.22. The van der Waals surface area contributed by atoms with Gasteiger partial charge in [0.25, 0.3) is 0 Å². The predicted octanol–water partition coefficient (Wildman–Crippen LogP) is 0.925. The number of hydrogen-bond acceptors (Lipinski definition) is 3. The van der Waals surface area contributed by atoms with Gasteiger partial charge in [0.15, 0.2) is 0 Å². The first kappa shape index (κ1) is 12.5. The summed E-state index contributed by atoms with van der Waals surface area (Å²) in [5.74, 6) is -0.677. The van der Waals surface area contributed by atoms with Crippen molar-refractivity contribution in [2.24, 2.45) is 0 Å². The van der Waals surface area contributed by atoms with Crippen molar-refractivity contribution in [1.29, 1.82) is 0 Å². The van der Waals surface area contributed by atoms with Gasteiger partial charge < -0.3 is 15.3 Å². The standard InChI is InChI=1S/C11H22N2O2/c1-12-10-5-8-13(9-6-10)7-3-2-4-11(14)15/h10,12H,2-9H2,1H3,(H,14,15). The fraction of sp³-hybridized carbons (Fsp3) is 0.909. The molecular formula is C11H22N2O2. The largest absolute Gasteiger partial charge is 0.481 e. The van der Waals surface area contributed by atoms with Crippen molar-refractivity contribution in [3.8, 4) is 0 Å². The van der Waals surface area contributed by atoms with Gasteiger partial charge in [0.1, 0.15) is 0 Å². The Hall–Kier alpha value is -0.610. The van der Waals surface area contributed by atoms with Crippen molar-refractivity contribution in [2.45, 2.75) is 38.1 Å². The maximum Gasteiger partial charge on any atom is 0.303 e. The van der Waals surface area contributed by atoms with Gasteiger partial charge >= 0.3 is 5.97 Å². The number of unbranched alkanes of at least 4 members (excludes halogenated alkanes) is 1. The van der Waals surface area contributed by atoms with E-state index >= 15 is 0 Å². The molecule has 15 heavy (non-hydrogen) atoms. The molecule has 1 heterocycles. The average Bonchev–Trinajstić information content (AvgIpc) is 2.25. The normalized spacial score (nSPS) is 19.3. The number of nitrogens with zero attached hydrogens (tertiary/aromatic N) is 1. The van der Waals surface area contributed by atoms with Crippen LogP contribution >= 0.6 is 0 Å². The molecule has 0 atom stereocenters. The van der Waals surface area contributed by atoms with Crippen molar-refractivity contribution in [1.82, 2.24) is 10.2 Å². The Kier molecular flexibility index (Phi) is 5.65. The summed E-state index contributed by atoms with van der Waals surface area (Å²) in [5.41, 5.74) is 0. The van der Waals surface area contributed by atoms with Crippen LogP contribution in [0.1, 0.15) is 32.1 Å². The number of likely N-dealkylation sites (tertiary alicyclic amines) is 1. The van der Waals surface area contributed by atoms with Crippen LogP contribution in [0.2, 0.25) is 0 Å². The highest BCUT2D eigenvalue weighted by molar-refractivity contribution is 5.66. The van der Waals surface area contributed by atoms with E-state index in [-0.39, 0.29) is 0 Å². The lowest BCUT2D eigenvalue weighted by atomic mass is 10.0. The minimum absolute atomic E-state index is 0.312. The molecular weight excluding hydrogens is 192 g/mol. The molecule has 2 N–H and O–H groups in total. The Bertz CT molecular complexity index is 189. The first-order valence-corrected chi connectivity index (χ1v) is 5.84. The molecule has 0 aromatic carbocycles. The molecule has 1 fully saturated rings. The van der Waals surface area contributed by atoms with E-state index in [2.05, 4.69) is 10.2 Å². The third kappa shape index (κ3) is 5.14. The Morgan fingerprint density at radius 1 is 1.40 bits per heavy atom. The van der Waals surface area contributed by atoms with Crippen molar-refractivity contribution in [3.05, 3.63) is 0 Å². The Morgan fingerprint density at radius 2 is 2.07 bits per heavy atom. The van der Waals surface area contributed by atoms with E-state index in [1.54, 1.807) is 0 Å². The Labute approximate surface area is 91.6 Å². The van der Waals surface area contributed by atoms with Crippen LogP contribution in [0.3, 0.4) is 0 Å². The van der Waals surface area contributed by atoms with E-state index < -0.39 is 5.97 Å². The van der Waals surface area contributed by atoms with Gasteiger partial charge in [0, 0.05) is 12.5 Å². The predicted molar refractivity (Wildman–Crippen MR) is 60.0 cm³/mol. The third-order valence-electron chi connectivity index (χ3n) is 3.11. The summed E-state index contributed by atoms with van der Waals surface area (Å²) in [6, 6.07) is 0.681. The summed E-state index contributed by atoms with van der Waals surface area (Å²) in [6.07, 6.45) is 4.57. The molecule has 1 aliphatic heterocycles. The number of carbonyl (C=O) groups is 1. The average molecular weight is 214 g/mol. The van der Waals surface area contributed by atoms with Gasteiger partial charge in [-0.25, -0.2) is 0 Å². The van der Waals surface area contributed by atoms with Crippen molar-refractivity contribution >= 4 is 5.97 Å². The minimum Gasteiger partial charge on any atom is -0.481 e. The molecule has 88 valence electrons. The number of aliphatic carboxylic acids is 1. The molecule has 0 unspecified atom stereocenters. The Balaban J connectivity index is 2.01. The number of rotatable bonds is 6. The van der Waals surface area contributed by atoms with E-state index in [1.165, 1.54) is 12.8 Å². The summed E-state index contributed by atoms with van der Waals surface area (Å²) in [5, 5.41) is 11.8. The highest BCUT2D eigenvalue weighted by Crippen LogP contribution is 2.10. The maximum absolute atomic E-state index is 10.3. The molecule has 0 saturated carbocycles. The van der Waals surface area contributed by atoms with Gasteiger partial charge in [-0.05, 0) is 52.4 Å². The van der Waals surface area contributed by atoms with Crippen LogP contribution in [0.15, 0.2) is 0 Å². The molecule has 1 saturated heterocycles. The summed E-state index contributed by atoms with van der Waals surface area (Å²) in [7, 11) is 2.02. The molecule has 1 rings (SSSR count). The summed E-state index contributed by atoms with van der Waals surface area (Å²) in [4.78, 5) is 12.8. The molecule has 0 aliphatic carbocycles. The molecule has 4 heteroatoms. The van der Waals surface area contributed by atoms with Gasteiger partial charge in [-0.15, -0.1) is 0 Å². The minimum atomic E-state index is -0.677. The fourth-order valence-electron chi connectivity index (χ4n) is 2.06. The van der Waals surface area contributed by atoms with Crippen molar-refractivity contribution in [3.63, 3.8) is 0 Å². The van der Waals surface area contributed by atoms with Gasteiger partial charge in [-0.3, -0.25) is 4.79 Å². The topological polar surface area (TPSA) is 52.6 Å². The second-order valence-electron chi connectivity index (χ2n) is 4.26. The highest BCUT2D eigenvalue weighted by atomic mass is 16.4. The SMILES string of the molecule is CNC1CCN(CCCCC(=O)O)CC1. The molecule has 0 bridgehead atoms. The number of hydrogen-bond donors (Lipinski definition) is 2. The quantitative estimate of drug-likeness (QED) is 0.646. The van der Waals surface area contributed by atoms with E-state index in [1.807, 2.05) is 7.05 Å². The van der Waals surface area contributed by atoms with Crippen LogP contribution in [0.25, 0.3) is 0 Å². The summed E-state index contributed by atoms with van der Waals surface area (Å²) >= 11 is 0. The van der Waals surface area contributed by atoms with Gasteiger partial charge in [-0.2, -0.15) is 0 Å². The number of carboxylic acid groups (broad SMARTS) is 1. The smallest absolute Gasteiger partial charge is 0.303 e. The van der Waals surface area contributed by atoms with Gasteiger partial charge in [0.05, 0.1) is 0 Å². The van der Waals surface area contributed by atoms with Gasteiger partial charge in [0.2, 0.25) is 0 Å². The molecule has 0 aromatic rings. The zero-order valence-corrected chi connectivity index (χ0v) is 9.54. The van der Waals surface area contributed by atoms with Crippen LogP contribution < -0.4 is 5.32 Å². The molecule has 1 aliphatic rings. The lowest BCUT2D eigenvalue weighted by Gasteiger charge is -2.31. The zero-order chi connectivity index (χ0) is 11.1. The first-order valence-electron chi connectivity index (χ1n) is 5.84. The van der Waals surface area contributed by atoms with Crippen molar-refractivity contribution in [2.75, 3.05) is 26.7 Å². The van der Waals surface area contributed by atoms with Gasteiger partial charge in [-0.1, -0.05) is 0 Å². The summed E-state index contributed by atoms with van der Waals surface area (Å²) in [6.45, 7) is 3.36. The maximum atomic E-state index is 10.3. The second-order valence-corrected chi connectivity index (χ2v) is 4.26. The molecule has 0 spiro atoms. The van der Waals surface area contributed by atoms with Crippen LogP contribution in [-0.4, -0.2) is 48.7 Å². The second kappa shape index (κ2) is 6.80. The van der Waals surface area contributed by atoms with Crippen LogP contribution in [0.4, 0.5) is 0 Å². The van der Waals surface area contributed by atoms with Crippen molar-refractivity contribution < 1.29 is 9.90 Å². The number of piperidine rings is 1. The molecule has 4 nitrogen and oxygen atoms in total. The monoisotopic (exact) mass is 214 g/mol. The van der Waals surface area contributed by atoms with E-state index in [9.17, 15) is 4.79 Å². The summed E-state index contributed by atoms with van der Waals surface area (Å²) < 4.78 is 0.